The van der Waals surface area contributed by atoms with Gasteiger partial charge in [0.05, 0.1) is 30.0 Å². The maximum Gasteiger partial charge on any atom is 0.271 e. The van der Waals surface area contributed by atoms with Crippen molar-refractivity contribution < 1.29 is 14.3 Å². The summed E-state index contributed by atoms with van der Waals surface area (Å²) in [6, 6.07) is 8.64. The number of likely N-dealkylation sites (N-methyl/N-ethyl adjacent to an activating group) is 1. The van der Waals surface area contributed by atoms with Gasteiger partial charge in [-0.15, -0.1) is 11.3 Å². The molecule has 4 rings (SSSR count). The third-order valence-corrected chi connectivity index (χ3v) is 7.65. The van der Waals surface area contributed by atoms with Crippen molar-refractivity contribution in [2.75, 3.05) is 27.3 Å². The zero-order valence-electron chi connectivity index (χ0n) is 19.8. The number of carbonyl (C=O) groups excluding carboxylic acids is 1. The Kier molecular flexibility index (Phi) is 7.04. The zero-order valence-corrected chi connectivity index (χ0v) is 21.5. The van der Waals surface area contributed by atoms with Crippen LogP contribution >= 0.6 is 22.7 Å². The van der Waals surface area contributed by atoms with Crippen LogP contribution in [0, 0.1) is 0 Å². The molecule has 1 aromatic carbocycles. The molecule has 1 aliphatic heterocycles. The summed E-state index contributed by atoms with van der Waals surface area (Å²) in [5.41, 5.74) is 1.54. The molecule has 3 aromatic rings. The summed E-state index contributed by atoms with van der Waals surface area (Å²) in [5, 5.41) is 1.97. The van der Waals surface area contributed by atoms with E-state index < -0.39 is 6.04 Å². The lowest BCUT2D eigenvalue weighted by atomic mass is 9.93. The highest BCUT2D eigenvalue weighted by Crippen LogP contribution is 2.38. The topological polar surface area (TPSA) is 73.1 Å². The van der Waals surface area contributed by atoms with E-state index in [0.717, 1.165) is 4.88 Å². The molecule has 0 unspecified atom stereocenters. The Morgan fingerprint density at radius 2 is 1.97 bits per heavy atom. The van der Waals surface area contributed by atoms with Gasteiger partial charge in [-0.2, -0.15) is 0 Å². The van der Waals surface area contributed by atoms with Gasteiger partial charge in [0.2, 0.25) is 0 Å². The number of allylic oxidation sites excluding steroid dienone is 1. The van der Waals surface area contributed by atoms with Crippen LogP contribution in [0.4, 0.5) is 0 Å². The van der Waals surface area contributed by atoms with Crippen LogP contribution in [0.3, 0.4) is 0 Å². The largest absolute Gasteiger partial charge is 0.497 e. The highest BCUT2D eigenvalue weighted by molar-refractivity contribution is 7.11. The molecule has 0 radical (unpaired) electrons. The number of methoxy groups -OCH3 is 2. The van der Waals surface area contributed by atoms with Gasteiger partial charge in [-0.05, 0) is 56.5 Å². The van der Waals surface area contributed by atoms with Crippen molar-refractivity contribution in [1.82, 2.24) is 9.47 Å². The first-order chi connectivity index (χ1) is 16.4. The van der Waals surface area contributed by atoms with Crippen LogP contribution < -0.4 is 24.4 Å². The Morgan fingerprint density at radius 1 is 1.21 bits per heavy atom. The van der Waals surface area contributed by atoms with E-state index in [-0.39, 0.29) is 11.5 Å². The number of thiazole rings is 1. The van der Waals surface area contributed by atoms with Crippen LogP contribution in [-0.2, 0) is 4.79 Å². The molecule has 9 heteroatoms. The number of rotatable bonds is 7. The molecular weight excluding hydrogens is 470 g/mol. The minimum atomic E-state index is -0.695. The van der Waals surface area contributed by atoms with E-state index in [2.05, 4.69) is 0 Å². The van der Waals surface area contributed by atoms with Gasteiger partial charge in [-0.3, -0.25) is 14.2 Å². The summed E-state index contributed by atoms with van der Waals surface area (Å²) in [6.45, 7) is 6.81. The Bertz CT molecular complexity index is 1410. The van der Waals surface area contributed by atoms with Gasteiger partial charge >= 0.3 is 0 Å². The molecule has 0 aliphatic carbocycles. The molecule has 1 amide bonds. The van der Waals surface area contributed by atoms with Gasteiger partial charge in [0.1, 0.15) is 17.5 Å². The SMILES string of the molecule is CCN(CC)C(=O)C1=C(C)N=c2s/c(=C/c3cccs3)c(=O)n2[C@@H]1c1cc(OC)ccc1OC. The van der Waals surface area contributed by atoms with E-state index in [1.54, 1.807) is 47.2 Å². The van der Waals surface area contributed by atoms with E-state index in [9.17, 15) is 9.59 Å². The fraction of sp³-hybridized carbons (Fsp3) is 0.320. The molecule has 0 saturated heterocycles. The van der Waals surface area contributed by atoms with Gasteiger partial charge in [-0.1, -0.05) is 17.4 Å². The van der Waals surface area contributed by atoms with Crippen molar-refractivity contribution in [3.8, 4) is 11.5 Å². The third kappa shape index (κ3) is 4.21. The number of hydrogen-bond acceptors (Lipinski definition) is 7. The van der Waals surface area contributed by atoms with Crippen LogP contribution in [0.5, 0.6) is 11.5 Å². The lowest BCUT2D eigenvalue weighted by Gasteiger charge is -2.30. The van der Waals surface area contributed by atoms with Gasteiger partial charge in [0.25, 0.3) is 11.5 Å². The first-order valence-electron chi connectivity index (χ1n) is 11.0. The fourth-order valence-corrected chi connectivity index (χ4v) is 5.90. The molecule has 0 N–H and O–H groups in total. The Hall–Kier alpha value is -3.17. The number of ether oxygens (including phenoxy) is 2. The molecule has 0 fully saturated rings. The summed E-state index contributed by atoms with van der Waals surface area (Å²) < 4.78 is 13.3. The fourth-order valence-electron chi connectivity index (χ4n) is 4.13. The van der Waals surface area contributed by atoms with Gasteiger partial charge in [0.15, 0.2) is 4.80 Å². The highest BCUT2D eigenvalue weighted by atomic mass is 32.1. The average Bonchev–Trinajstić information content (AvgIpc) is 3.46. The van der Waals surface area contributed by atoms with Crippen molar-refractivity contribution in [1.29, 1.82) is 0 Å². The summed E-state index contributed by atoms with van der Waals surface area (Å²) in [4.78, 5) is 35.4. The lowest BCUT2D eigenvalue weighted by Crippen LogP contribution is -2.43. The first-order valence-corrected chi connectivity index (χ1v) is 12.7. The second-order valence-electron chi connectivity index (χ2n) is 7.68. The monoisotopic (exact) mass is 497 g/mol. The van der Waals surface area contributed by atoms with Crippen molar-refractivity contribution in [2.24, 2.45) is 4.99 Å². The lowest BCUT2D eigenvalue weighted by molar-refractivity contribution is -0.127. The van der Waals surface area contributed by atoms with E-state index >= 15 is 0 Å². The quantitative estimate of drug-likeness (QED) is 0.503. The third-order valence-electron chi connectivity index (χ3n) is 5.85. The Morgan fingerprint density at radius 3 is 2.59 bits per heavy atom. The van der Waals surface area contributed by atoms with E-state index in [4.69, 9.17) is 14.5 Å². The van der Waals surface area contributed by atoms with E-state index in [1.165, 1.54) is 11.3 Å². The molecule has 3 heterocycles. The average molecular weight is 498 g/mol. The number of nitrogens with zero attached hydrogens (tertiary/aromatic N) is 3. The smallest absolute Gasteiger partial charge is 0.271 e. The maximum atomic E-state index is 13.7. The number of benzene rings is 1. The van der Waals surface area contributed by atoms with Crippen LogP contribution in [-0.4, -0.2) is 42.7 Å². The van der Waals surface area contributed by atoms with Gasteiger partial charge in [0, 0.05) is 23.5 Å². The summed E-state index contributed by atoms with van der Waals surface area (Å²) >= 11 is 2.88. The summed E-state index contributed by atoms with van der Waals surface area (Å²) in [7, 11) is 3.16. The standard InChI is InChI=1S/C25H27N3O4S2/c1-6-27(7-2)24(30)21-15(3)26-25-28(23(29)20(34-25)14-17-9-8-12-33-17)22(21)18-13-16(31-4)10-11-19(18)32-5/h8-14,22H,6-7H2,1-5H3/b20-14+/t22-/m1/s1. The predicted octanol–water partition coefficient (Wildman–Crippen LogP) is 3.18. The molecule has 1 atom stereocenters. The normalized spacial score (nSPS) is 15.7. The van der Waals surface area contributed by atoms with Crippen molar-refractivity contribution >= 4 is 34.7 Å². The minimum absolute atomic E-state index is 0.145. The second-order valence-corrected chi connectivity index (χ2v) is 9.67. The molecule has 0 saturated carbocycles. The van der Waals surface area contributed by atoms with Crippen LogP contribution in [0.15, 0.2) is 56.8 Å². The number of aromatic nitrogens is 1. The summed E-state index contributed by atoms with van der Waals surface area (Å²) in [5.74, 6) is 1.03. The molecule has 1 aliphatic rings. The summed E-state index contributed by atoms with van der Waals surface area (Å²) in [6.07, 6.45) is 1.87. The van der Waals surface area contributed by atoms with E-state index in [0.29, 0.717) is 50.8 Å². The number of fused-ring (bicyclic) bond motifs is 1. The van der Waals surface area contributed by atoms with Crippen LogP contribution in [0.2, 0.25) is 0 Å². The molecule has 7 nitrogen and oxygen atoms in total. The van der Waals surface area contributed by atoms with Crippen molar-refractivity contribution in [3.63, 3.8) is 0 Å². The number of hydrogen-bond donors (Lipinski definition) is 0. The number of thiophene rings is 1. The highest BCUT2D eigenvalue weighted by Gasteiger charge is 2.36. The molecule has 0 spiro atoms. The first kappa shape index (κ1) is 24.0. The van der Waals surface area contributed by atoms with Gasteiger partial charge in [-0.25, -0.2) is 4.99 Å². The molecule has 34 heavy (non-hydrogen) atoms. The second kappa shape index (κ2) is 9.99. The van der Waals surface area contributed by atoms with Crippen LogP contribution in [0.1, 0.15) is 37.3 Å². The van der Waals surface area contributed by atoms with Crippen molar-refractivity contribution in [3.05, 3.63) is 77.1 Å². The zero-order chi connectivity index (χ0) is 24.4. The molecule has 178 valence electrons. The van der Waals surface area contributed by atoms with Gasteiger partial charge < -0.3 is 14.4 Å². The van der Waals surface area contributed by atoms with Crippen LogP contribution in [0.25, 0.3) is 6.08 Å². The molecular formula is C25H27N3O4S2. The Balaban J connectivity index is 2.04. The maximum absolute atomic E-state index is 13.7. The number of amides is 1. The van der Waals surface area contributed by atoms with Crippen molar-refractivity contribution in [2.45, 2.75) is 26.8 Å². The minimum Gasteiger partial charge on any atom is -0.497 e. The predicted molar refractivity (Wildman–Crippen MR) is 136 cm³/mol. The molecule has 2 aromatic heterocycles. The van der Waals surface area contributed by atoms with E-state index in [1.807, 2.05) is 50.4 Å². The Labute approximate surface area is 205 Å². The molecule has 0 bridgehead atoms. The number of carbonyl (C=O) groups is 1.